The summed E-state index contributed by atoms with van der Waals surface area (Å²) in [4.78, 5) is 13.3. The Hall–Kier alpha value is -0.790. The van der Waals surface area contributed by atoms with E-state index < -0.39 is 0 Å². The number of hydrogen-bond acceptors (Lipinski definition) is 2. The van der Waals surface area contributed by atoms with Crippen LogP contribution in [-0.4, -0.2) is 12.1 Å². The van der Waals surface area contributed by atoms with Crippen molar-refractivity contribution in [2.75, 3.05) is 0 Å². The van der Waals surface area contributed by atoms with E-state index in [1.807, 2.05) is 5.57 Å². The lowest BCUT2D eigenvalue weighted by molar-refractivity contribution is -0.182. The zero-order valence-electron chi connectivity index (χ0n) is 42.1. The van der Waals surface area contributed by atoms with Crippen LogP contribution in [0.15, 0.2) is 11.6 Å². The predicted molar refractivity (Wildman–Crippen MR) is 260 cm³/mol. The third-order valence-electron chi connectivity index (χ3n) is 19.8. The van der Waals surface area contributed by atoms with E-state index in [-0.39, 0.29) is 22.9 Å². The Balaban J connectivity index is 0.897. The fraction of sp³-hybridized carbons (Fsp3) is 0.948. The number of hydrogen-bond donors (Lipinski definition) is 0. The first-order valence-electron chi connectivity index (χ1n) is 27.6. The minimum Gasteiger partial charge on any atom is -0.462 e. The zero-order valence-corrected chi connectivity index (χ0v) is 42.1. The van der Waals surface area contributed by atoms with Gasteiger partial charge in [0.2, 0.25) is 0 Å². The maximum absolute atomic E-state index is 13.3. The quantitative estimate of drug-likeness (QED) is 0.0446. The van der Waals surface area contributed by atoms with Crippen molar-refractivity contribution in [3.05, 3.63) is 11.6 Å². The molecule has 60 heavy (non-hydrogen) atoms. The van der Waals surface area contributed by atoms with Gasteiger partial charge in [-0.25, -0.2) is 0 Å². The van der Waals surface area contributed by atoms with Gasteiger partial charge in [-0.3, -0.25) is 4.79 Å². The van der Waals surface area contributed by atoms with Crippen LogP contribution in [0, 0.1) is 56.7 Å². The Morgan fingerprint density at radius 1 is 0.583 bits per heavy atom. The highest BCUT2D eigenvalue weighted by molar-refractivity contribution is 5.69. The molecule has 5 aliphatic rings. The summed E-state index contributed by atoms with van der Waals surface area (Å²) in [7, 11) is 0. The first-order chi connectivity index (χ1) is 28.7. The summed E-state index contributed by atoms with van der Waals surface area (Å²) < 4.78 is 6.45. The van der Waals surface area contributed by atoms with Crippen LogP contribution in [0.3, 0.4) is 0 Å². The third kappa shape index (κ3) is 11.9. The maximum Gasteiger partial charge on any atom is 0.306 e. The number of ether oxygens (including phenoxy) is 1. The summed E-state index contributed by atoms with van der Waals surface area (Å²) in [5.74, 6) is 3.90. The molecule has 0 amide bonds. The fourth-order valence-electron chi connectivity index (χ4n) is 15.8. The lowest BCUT2D eigenvalue weighted by Crippen LogP contribution is -2.62. The number of unbranched alkanes of at least 4 members (excludes halogenated alkanes) is 24. The molecule has 9 atom stereocenters. The minimum atomic E-state index is 0.0153. The van der Waals surface area contributed by atoms with Gasteiger partial charge in [0, 0.05) is 11.8 Å². The summed E-state index contributed by atoms with van der Waals surface area (Å²) in [6.07, 6.45) is 50.5. The van der Waals surface area contributed by atoms with E-state index in [9.17, 15) is 4.79 Å². The molecule has 0 unspecified atom stereocenters. The second kappa shape index (κ2) is 23.4. The molecule has 2 heteroatoms. The van der Waals surface area contributed by atoms with Crippen LogP contribution < -0.4 is 0 Å². The highest BCUT2D eigenvalue weighted by Crippen LogP contribution is 2.76. The molecule has 0 N–H and O–H groups in total. The van der Waals surface area contributed by atoms with E-state index in [0.717, 1.165) is 36.5 Å². The number of fused-ring (bicyclic) bond motifs is 7. The first-order valence-corrected chi connectivity index (χ1v) is 27.6. The minimum absolute atomic E-state index is 0.0153. The van der Waals surface area contributed by atoms with Crippen molar-refractivity contribution < 1.29 is 9.53 Å². The normalized spacial score (nSPS) is 34.4. The molecule has 348 valence electrons. The van der Waals surface area contributed by atoms with Gasteiger partial charge < -0.3 is 4.74 Å². The fourth-order valence-corrected chi connectivity index (χ4v) is 15.8. The van der Waals surface area contributed by atoms with E-state index in [4.69, 9.17) is 4.74 Å². The highest BCUT2D eigenvalue weighted by Gasteiger charge is 2.68. The largest absolute Gasteiger partial charge is 0.462 e. The molecule has 0 radical (unpaired) electrons. The van der Waals surface area contributed by atoms with Gasteiger partial charge in [-0.1, -0.05) is 228 Å². The standard InChI is InChI=1S/C58H104O2/c1-10-11-12-13-14-15-16-17-18-19-20-21-22-23-24-25-26-27-28-29-30-31-32-33-34-35-52(59)60-51-40-42-56(7)48-39-43-58(9)53-47(46(2)3)38-41-55(53,6)44-45-57(58,8)49(48)36-37-50(56)54(51,4)5/h39,46-47,49-51,53H,10-38,40-45H2,1-9H3/t47-,49+,50-,51-,53-,55-,56+,57-,58+/m0/s1. The molecular formula is C58H104O2. The van der Waals surface area contributed by atoms with Crippen molar-refractivity contribution in [1.82, 2.24) is 0 Å². The molecular weight excluding hydrogens is 729 g/mol. The van der Waals surface area contributed by atoms with E-state index in [1.165, 1.54) is 205 Å². The third-order valence-corrected chi connectivity index (χ3v) is 19.8. The van der Waals surface area contributed by atoms with Crippen molar-refractivity contribution in [3.63, 3.8) is 0 Å². The summed E-state index contributed by atoms with van der Waals surface area (Å²) in [6.45, 7) is 23.1. The molecule has 0 aromatic carbocycles. The lowest BCUT2D eigenvalue weighted by atomic mass is 9.35. The van der Waals surface area contributed by atoms with E-state index >= 15 is 0 Å². The second-order valence-corrected chi connectivity index (χ2v) is 24.5. The van der Waals surface area contributed by atoms with Crippen LogP contribution in [0.1, 0.15) is 287 Å². The predicted octanol–water partition coefficient (Wildman–Crippen LogP) is 18.7. The molecule has 0 spiro atoms. The van der Waals surface area contributed by atoms with Crippen LogP contribution in [0.25, 0.3) is 0 Å². The molecule has 0 aliphatic heterocycles. The van der Waals surface area contributed by atoms with Gasteiger partial charge in [-0.05, 0) is 115 Å². The van der Waals surface area contributed by atoms with Gasteiger partial charge in [-0.15, -0.1) is 0 Å². The maximum atomic E-state index is 13.3. The van der Waals surface area contributed by atoms with Crippen LogP contribution in [0.4, 0.5) is 0 Å². The topological polar surface area (TPSA) is 26.3 Å². The Morgan fingerprint density at radius 3 is 1.55 bits per heavy atom. The Kier molecular flexibility index (Phi) is 19.6. The van der Waals surface area contributed by atoms with Crippen molar-refractivity contribution in [1.29, 1.82) is 0 Å². The molecule has 5 rings (SSSR count). The molecule has 0 heterocycles. The molecule has 2 nitrogen and oxygen atoms in total. The first kappa shape index (κ1) is 50.2. The molecule has 4 fully saturated rings. The average Bonchev–Trinajstić information content (AvgIpc) is 3.58. The van der Waals surface area contributed by atoms with Crippen molar-refractivity contribution in [2.24, 2.45) is 56.7 Å². The van der Waals surface area contributed by atoms with Gasteiger partial charge in [0.25, 0.3) is 0 Å². The molecule has 0 aromatic heterocycles. The van der Waals surface area contributed by atoms with E-state index in [0.29, 0.717) is 28.6 Å². The van der Waals surface area contributed by atoms with Crippen LogP contribution in [-0.2, 0) is 9.53 Å². The summed E-state index contributed by atoms with van der Waals surface area (Å²) in [6, 6.07) is 0. The number of carbonyl (C=O) groups excluding carboxylic acids is 1. The molecule has 0 saturated heterocycles. The van der Waals surface area contributed by atoms with Crippen LogP contribution >= 0.6 is 0 Å². The Labute approximate surface area is 375 Å². The summed E-state index contributed by atoms with van der Waals surface area (Å²) in [5.41, 5.74) is 3.40. The smallest absolute Gasteiger partial charge is 0.306 e. The highest BCUT2D eigenvalue weighted by atomic mass is 16.5. The van der Waals surface area contributed by atoms with Gasteiger partial charge >= 0.3 is 5.97 Å². The summed E-state index contributed by atoms with van der Waals surface area (Å²) >= 11 is 0. The molecule has 0 bridgehead atoms. The number of carbonyl (C=O) groups is 1. The van der Waals surface area contributed by atoms with Gasteiger partial charge in [0.1, 0.15) is 6.10 Å². The SMILES string of the molecule is CCCCCCCCCCCCCCCCCCCCCCCCCCCC(=O)O[C@H]1CC[C@]2(C)C3=CC[C@]4(C)[C@H]5[C@H](C(C)C)CC[C@@]5(C)CC[C@@]4(C)[C@@H]3CC[C@H]2C1(C)C. The Bertz CT molecular complexity index is 1290. The van der Waals surface area contributed by atoms with Crippen molar-refractivity contribution >= 4 is 5.97 Å². The second-order valence-electron chi connectivity index (χ2n) is 24.5. The van der Waals surface area contributed by atoms with Gasteiger partial charge in [0.05, 0.1) is 0 Å². The average molecular weight is 833 g/mol. The van der Waals surface area contributed by atoms with Gasteiger partial charge in [-0.2, -0.15) is 0 Å². The van der Waals surface area contributed by atoms with E-state index in [2.05, 4.69) is 68.4 Å². The molecule has 5 aliphatic carbocycles. The van der Waals surface area contributed by atoms with Crippen LogP contribution in [0.5, 0.6) is 0 Å². The number of rotatable bonds is 28. The number of allylic oxidation sites excluding steroid dienone is 2. The van der Waals surface area contributed by atoms with E-state index in [1.54, 1.807) is 0 Å². The lowest BCUT2D eigenvalue weighted by Gasteiger charge is -2.69. The Morgan fingerprint density at radius 2 is 1.07 bits per heavy atom. The zero-order chi connectivity index (χ0) is 43.3. The van der Waals surface area contributed by atoms with Gasteiger partial charge in [0.15, 0.2) is 0 Å². The number of esters is 1. The van der Waals surface area contributed by atoms with Crippen LogP contribution in [0.2, 0.25) is 0 Å². The molecule has 4 saturated carbocycles. The monoisotopic (exact) mass is 833 g/mol. The molecule has 0 aromatic rings. The summed E-state index contributed by atoms with van der Waals surface area (Å²) in [5, 5.41) is 0. The van der Waals surface area contributed by atoms with Crippen molar-refractivity contribution in [2.45, 2.75) is 293 Å². The van der Waals surface area contributed by atoms with Crippen molar-refractivity contribution in [3.8, 4) is 0 Å².